The molecule has 2 atom stereocenters. The van der Waals surface area contributed by atoms with Crippen LogP contribution in [0.4, 0.5) is 0 Å². The van der Waals surface area contributed by atoms with E-state index in [1.54, 1.807) is 18.0 Å². The van der Waals surface area contributed by atoms with E-state index in [-0.39, 0.29) is 11.9 Å². The largest absolute Gasteiger partial charge is 0.497 e. The average molecular weight is 426 g/mol. The Morgan fingerprint density at radius 3 is 3.00 bits per heavy atom. The molecule has 0 fully saturated rings. The van der Waals surface area contributed by atoms with Crippen LogP contribution in [0.2, 0.25) is 0 Å². The van der Waals surface area contributed by atoms with Gasteiger partial charge in [-0.05, 0) is 56.8 Å². The van der Waals surface area contributed by atoms with Gasteiger partial charge in [-0.1, -0.05) is 18.2 Å². The van der Waals surface area contributed by atoms with Crippen molar-refractivity contribution in [3.05, 3.63) is 82.4 Å². The van der Waals surface area contributed by atoms with E-state index in [0.717, 1.165) is 35.4 Å². The molecule has 158 valence electrons. The van der Waals surface area contributed by atoms with E-state index in [4.69, 9.17) is 14.2 Å². The van der Waals surface area contributed by atoms with E-state index < -0.39 is 4.75 Å². The maximum Gasteiger partial charge on any atom is 0.338 e. The minimum Gasteiger partial charge on any atom is -0.497 e. The van der Waals surface area contributed by atoms with Crippen molar-refractivity contribution in [3.8, 4) is 0 Å². The highest BCUT2D eigenvalue weighted by molar-refractivity contribution is 8.04. The Balaban J connectivity index is 1.70. The molecule has 0 aromatic rings. The van der Waals surface area contributed by atoms with Gasteiger partial charge in [0.1, 0.15) is 5.76 Å². The number of thioether (sulfide) groups is 1. The van der Waals surface area contributed by atoms with E-state index >= 15 is 0 Å². The predicted octanol–water partition coefficient (Wildman–Crippen LogP) is 4.25. The van der Waals surface area contributed by atoms with Gasteiger partial charge >= 0.3 is 5.97 Å². The fourth-order valence-corrected chi connectivity index (χ4v) is 5.27. The summed E-state index contributed by atoms with van der Waals surface area (Å²) in [6.07, 6.45) is 16.6. The number of ether oxygens (including phenoxy) is 3. The minimum atomic E-state index is -0.413. The molecule has 2 unspecified atom stereocenters. The number of esters is 1. The molecule has 5 nitrogen and oxygen atoms in total. The van der Waals surface area contributed by atoms with Gasteiger partial charge in [0, 0.05) is 17.5 Å². The summed E-state index contributed by atoms with van der Waals surface area (Å²) < 4.78 is 16.7. The number of carbonyl (C=O) groups is 1. The highest BCUT2D eigenvalue weighted by atomic mass is 32.2. The summed E-state index contributed by atoms with van der Waals surface area (Å²) in [6, 6.07) is 0. The Hall–Kier alpha value is -2.44. The molecule has 0 saturated carbocycles. The molecular formula is C24H27NO4S. The monoisotopic (exact) mass is 425 g/mol. The van der Waals surface area contributed by atoms with Gasteiger partial charge < -0.3 is 19.1 Å². The third kappa shape index (κ3) is 3.70. The highest BCUT2D eigenvalue weighted by Crippen LogP contribution is 2.59. The molecule has 0 N–H and O–H groups in total. The van der Waals surface area contributed by atoms with Crippen molar-refractivity contribution in [1.29, 1.82) is 0 Å². The lowest BCUT2D eigenvalue weighted by Gasteiger charge is -2.31. The van der Waals surface area contributed by atoms with Gasteiger partial charge in [0.15, 0.2) is 0 Å². The Morgan fingerprint density at radius 2 is 2.20 bits per heavy atom. The Bertz CT molecular complexity index is 935. The van der Waals surface area contributed by atoms with Gasteiger partial charge in [-0.3, -0.25) is 0 Å². The minimum absolute atomic E-state index is 0.0285. The molecular weight excluding hydrogens is 398 g/mol. The summed E-state index contributed by atoms with van der Waals surface area (Å²) in [6.45, 7) is 3.81. The standard InChI is InChI=1S/C24H27NO4S/c1-4-28-23(26)17-9-10-24-19(15-17)18-7-5-8-21(29-12-6-11-25(2)3)22(18)20(24)16-27-13-14-30-24/h5,7-10,13-16,22H,4,6,11-12H2,1-3H3. The van der Waals surface area contributed by atoms with Crippen LogP contribution in [0.3, 0.4) is 0 Å². The average Bonchev–Trinajstić information content (AvgIpc) is 2.85. The number of hydrogen-bond donors (Lipinski definition) is 0. The van der Waals surface area contributed by atoms with Crippen molar-refractivity contribution in [2.75, 3.05) is 33.9 Å². The van der Waals surface area contributed by atoms with Crippen LogP contribution in [0.25, 0.3) is 0 Å². The molecule has 1 heterocycles. The summed E-state index contributed by atoms with van der Waals surface area (Å²) in [5.74, 6) is 0.593. The van der Waals surface area contributed by atoms with E-state index in [2.05, 4.69) is 31.1 Å². The van der Waals surface area contributed by atoms with E-state index in [0.29, 0.717) is 18.8 Å². The maximum atomic E-state index is 12.4. The molecule has 0 saturated heterocycles. The van der Waals surface area contributed by atoms with Crippen LogP contribution in [-0.4, -0.2) is 49.5 Å². The van der Waals surface area contributed by atoms with Gasteiger partial charge in [-0.25, -0.2) is 4.79 Å². The van der Waals surface area contributed by atoms with Crippen molar-refractivity contribution in [2.45, 2.75) is 18.1 Å². The molecule has 30 heavy (non-hydrogen) atoms. The van der Waals surface area contributed by atoms with Gasteiger partial charge in [0.2, 0.25) is 0 Å². The van der Waals surface area contributed by atoms with Crippen LogP contribution in [0.5, 0.6) is 0 Å². The van der Waals surface area contributed by atoms with Crippen LogP contribution in [0, 0.1) is 5.92 Å². The second-order valence-electron chi connectivity index (χ2n) is 7.72. The van der Waals surface area contributed by atoms with Crippen molar-refractivity contribution in [3.63, 3.8) is 0 Å². The molecule has 1 spiro atoms. The first-order chi connectivity index (χ1) is 14.6. The molecule has 0 amide bonds. The number of carbonyl (C=O) groups excluding carboxylic acids is 1. The van der Waals surface area contributed by atoms with Crippen molar-refractivity contribution < 1.29 is 19.0 Å². The predicted molar refractivity (Wildman–Crippen MR) is 119 cm³/mol. The molecule has 0 aromatic carbocycles. The molecule has 0 bridgehead atoms. The molecule has 4 aliphatic rings. The fourth-order valence-electron chi connectivity index (χ4n) is 4.18. The SMILES string of the molecule is CCOC(=O)C1=CC2=C3C=CC=C(OCCCN(C)C)C3C3=COC=CSC32C=C1. The van der Waals surface area contributed by atoms with Gasteiger partial charge in [-0.2, -0.15) is 0 Å². The first kappa shape index (κ1) is 20.8. The van der Waals surface area contributed by atoms with Crippen LogP contribution >= 0.6 is 11.8 Å². The van der Waals surface area contributed by atoms with Crippen LogP contribution < -0.4 is 0 Å². The first-order valence-electron chi connectivity index (χ1n) is 10.2. The highest BCUT2D eigenvalue weighted by Gasteiger charge is 2.51. The zero-order valence-corrected chi connectivity index (χ0v) is 18.4. The van der Waals surface area contributed by atoms with Crippen LogP contribution in [0.1, 0.15) is 13.3 Å². The molecule has 0 aromatic heterocycles. The van der Waals surface area contributed by atoms with Crippen LogP contribution in [0.15, 0.2) is 82.4 Å². The van der Waals surface area contributed by atoms with Gasteiger partial charge in [-0.15, -0.1) is 11.8 Å². The van der Waals surface area contributed by atoms with E-state index in [1.165, 1.54) is 0 Å². The normalized spacial score (nSPS) is 26.1. The summed E-state index contributed by atoms with van der Waals surface area (Å²) in [4.78, 5) is 14.5. The lowest BCUT2D eigenvalue weighted by molar-refractivity contribution is -0.138. The second-order valence-corrected chi connectivity index (χ2v) is 8.88. The lowest BCUT2D eigenvalue weighted by atomic mass is 9.86. The van der Waals surface area contributed by atoms with Crippen molar-refractivity contribution >= 4 is 17.7 Å². The fraction of sp³-hybridized carbons (Fsp3) is 0.375. The third-order valence-corrected chi connectivity index (χ3v) is 6.70. The van der Waals surface area contributed by atoms with Gasteiger partial charge in [0.25, 0.3) is 0 Å². The van der Waals surface area contributed by atoms with Gasteiger partial charge in [0.05, 0.1) is 42.0 Å². The summed E-state index contributed by atoms with van der Waals surface area (Å²) >= 11 is 1.67. The Morgan fingerprint density at radius 1 is 1.33 bits per heavy atom. The van der Waals surface area contributed by atoms with E-state index in [1.807, 2.05) is 42.9 Å². The molecule has 1 aliphatic heterocycles. The molecule has 3 aliphatic carbocycles. The van der Waals surface area contributed by atoms with Crippen molar-refractivity contribution in [1.82, 2.24) is 4.90 Å². The quantitative estimate of drug-likeness (QED) is 0.449. The number of allylic oxidation sites excluding steroid dienone is 5. The summed E-state index contributed by atoms with van der Waals surface area (Å²) in [7, 11) is 4.13. The second kappa shape index (κ2) is 8.74. The Labute approximate surface area is 182 Å². The molecule has 6 heteroatoms. The lowest BCUT2D eigenvalue weighted by Crippen LogP contribution is -2.28. The molecule has 4 rings (SSSR count). The number of fused-ring (bicyclic) bond motifs is 2. The topological polar surface area (TPSA) is 48.0 Å². The number of hydrogen-bond acceptors (Lipinski definition) is 6. The molecule has 0 radical (unpaired) electrons. The summed E-state index contributed by atoms with van der Waals surface area (Å²) in [5.41, 5.74) is 3.91. The van der Waals surface area contributed by atoms with Crippen molar-refractivity contribution in [2.24, 2.45) is 5.92 Å². The van der Waals surface area contributed by atoms with Crippen LogP contribution in [-0.2, 0) is 19.0 Å². The zero-order chi connectivity index (χ0) is 21.1. The maximum absolute atomic E-state index is 12.4. The summed E-state index contributed by atoms with van der Waals surface area (Å²) in [5, 5.41) is 1.96. The smallest absolute Gasteiger partial charge is 0.338 e. The zero-order valence-electron chi connectivity index (χ0n) is 17.6. The first-order valence-corrected chi connectivity index (χ1v) is 11.1. The number of nitrogens with zero attached hydrogens (tertiary/aromatic N) is 1. The van der Waals surface area contributed by atoms with E-state index in [9.17, 15) is 4.79 Å². The third-order valence-electron chi connectivity index (χ3n) is 5.49. The number of rotatable bonds is 7. The Kier molecular flexibility index (Phi) is 6.06.